The van der Waals surface area contributed by atoms with Gasteiger partial charge >= 0.3 is 0 Å². The van der Waals surface area contributed by atoms with Gasteiger partial charge in [-0.1, -0.05) is 30.0 Å². The summed E-state index contributed by atoms with van der Waals surface area (Å²) in [5, 5.41) is 14.7. The third-order valence-electron chi connectivity index (χ3n) is 4.79. The number of benzene rings is 1. The van der Waals surface area contributed by atoms with Gasteiger partial charge in [0.2, 0.25) is 17.8 Å². The van der Waals surface area contributed by atoms with Crippen LogP contribution in [0.4, 0.5) is 10.3 Å². The molecule has 12 heteroatoms. The second kappa shape index (κ2) is 8.44. The highest BCUT2D eigenvalue weighted by atomic mass is 32.2. The topological polar surface area (TPSA) is 115 Å². The van der Waals surface area contributed by atoms with Gasteiger partial charge in [0.05, 0.1) is 11.6 Å². The molecule has 31 heavy (non-hydrogen) atoms. The number of thioether (sulfide) groups is 1. The summed E-state index contributed by atoms with van der Waals surface area (Å²) in [5.41, 5.74) is 1.17. The fourth-order valence-electron chi connectivity index (χ4n) is 3.38. The third-order valence-corrected chi connectivity index (χ3v) is 7.69. The van der Waals surface area contributed by atoms with E-state index in [0.717, 1.165) is 27.1 Å². The smallest absolute Gasteiger partial charge is 0.257 e. The maximum Gasteiger partial charge on any atom is 0.257 e. The number of aryl methyl sites for hydroxylation is 1. The van der Waals surface area contributed by atoms with Crippen LogP contribution in [0.2, 0.25) is 0 Å². The summed E-state index contributed by atoms with van der Waals surface area (Å²) in [6.45, 7) is 2.19. The fourth-order valence-corrected chi connectivity index (χ4v) is 6.06. The molecule has 9 nitrogen and oxygen atoms in total. The van der Waals surface area contributed by atoms with Crippen LogP contribution in [0.15, 0.2) is 22.5 Å². The maximum atomic E-state index is 12.8. The zero-order valence-corrected chi connectivity index (χ0v) is 18.8. The molecule has 2 N–H and O–H groups in total. The van der Waals surface area contributed by atoms with Crippen molar-refractivity contribution in [1.82, 2.24) is 15.2 Å². The molecule has 5 rings (SSSR count). The number of aromatic nitrogens is 3. The van der Waals surface area contributed by atoms with Crippen molar-refractivity contribution in [3.05, 3.63) is 34.3 Å². The molecule has 1 unspecified atom stereocenters. The van der Waals surface area contributed by atoms with Gasteiger partial charge in [-0.3, -0.25) is 20.2 Å². The average molecular weight is 476 g/mol. The van der Waals surface area contributed by atoms with Crippen molar-refractivity contribution in [1.29, 1.82) is 0 Å². The molecule has 2 aliphatic rings. The lowest BCUT2D eigenvalue weighted by molar-refractivity contribution is -0.117. The Balaban J connectivity index is 1.26. The molecule has 2 aromatic heterocycles. The molecule has 1 aromatic carbocycles. The number of hydrogen-bond donors (Lipinski definition) is 2. The lowest BCUT2D eigenvalue weighted by Crippen LogP contribution is -2.20. The van der Waals surface area contributed by atoms with Gasteiger partial charge in [0.1, 0.15) is 0 Å². The van der Waals surface area contributed by atoms with Gasteiger partial charge in [-0.05, 0) is 36.8 Å². The van der Waals surface area contributed by atoms with Crippen LogP contribution < -0.4 is 20.1 Å². The molecule has 0 fully saturated rings. The van der Waals surface area contributed by atoms with E-state index in [0.29, 0.717) is 33.7 Å². The van der Waals surface area contributed by atoms with E-state index in [1.54, 1.807) is 30.0 Å². The monoisotopic (exact) mass is 475 g/mol. The molecule has 3 heterocycles. The summed E-state index contributed by atoms with van der Waals surface area (Å²) in [5.74, 6) is 1.25. The highest BCUT2D eigenvalue weighted by molar-refractivity contribution is 8.01. The standard InChI is InChI=1S/C19H17N5O4S3/c1-2-29-19-24-23-18(31-19)22-16(26)10-4-6-13-14(10)20-17(30-13)21-15(25)9-3-5-11-12(7-9)28-8-27-11/h3,5,7,10H,2,4,6,8H2,1H3,(H,20,21,25)(H,22,23,26). The Morgan fingerprint density at radius 1 is 1.16 bits per heavy atom. The highest BCUT2D eigenvalue weighted by Gasteiger charge is 2.33. The Morgan fingerprint density at radius 3 is 2.90 bits per heavy atom. The Labute approximate surface area is 189 Å². The number of carbonyl (C=O) groups excluding carboxylic acids is 2. The van der Waals surface area contributed by atoms with Crippen molar-refractivity contribution < 1.29 is 19.1 Å². The number of hydrogen-bond acceptors (Lipinski definition) is 10. The van der Waals surface area contributed by atoms with Crippen LogP contribution in [0.1, 0.15) is 40.2 Å². The summed E-state index contributed by atoms with van der Waals surface area (Å²) in [7, 11) is 0. The van der Waals surface area contributed by atoms with Crippen LogP contribution in [0, 0.1) is 0 Å². The first-order valence-electron chi connectivity index (χ1n) is 9.58. The minimum absolute atomic E-state index is 0.151. The summed E-state index contributed by atoms with van der Waals surface area (Å²) in [4.78, 5) is 31.0. The number of nitrogens with one attached hydrogen (secondary N) is 2. The number of fused-ring (bicyclic) bond motifs is 2. The van der Waals surface area contributed by atoms with Gasteiger partial charge in [0.15, 0.2) is 21.0 Å². The molecule has 3 aromatic rings. The van der Waals surface area contributed by atoms with Gasteiger partial charge < -0.3 is 9.47 Å². The number of thiazole rings is 1. The number of amides is 2. The van der Waals surface area contributed by atoms with E-state index in [4.69, 9.17) is 9.47 Å². The molecule has 0 radical (unpaired) electrons. The zero-order chi connectivity index (χ0) is 21.4. The Morgan fingerprint density at radius 2 is 2.03 bits per heavy atom. The number of anilines is 2. The van der Waals surface area contributed by atoms with Gasteiger partial charge in [0, 0.05) is 10.4 Å². The van der Waals surface area contributed by atoms with E-state index in [9.17, 15) is 9.59 Å². The summed E-state index contributed by atoms with van der Waals surface area (Å²) < 4.78 is 11.4. The average Bonchev–Trinajstić information content (AvgIpc) is 3.51. The van der Waals surface area contributed by atoms with Gasteiger partial charge in [-0.15, -0.1) is 21.5 Å². The molecule has 0 saturated carbocycles. The minimum atomic E-state index is -0.367. The zero-order valence-electron chi connectivity index (χ0n) is 16.3. The molecular weight excluding hydrogens is 458 g/mol. The van der Waals surface area contributed by atoms with E-state index < -0.39 is 0 Å². The van der Waals surface area contributed by atoms with Crippen LogP contribution in [0.5, 0.6) is 11.5 Å². The summed E-state index contributed by atoms with van der Waals surface area (Å²) in [6.07, 6.45) is 1.43. The largest absolute Gasteiger partial charge is 0.454 e. The van der Waals surface area contributed by atoms with Crippen molar-refractivity contribution in [2.45, 2.75) is 30.0 Å². The lowest BCUT2D eigenvalue weighted by atomic mass is 10.1. The van der Waals surface area contributed by atoms with Crippen LogP contribution in [-0.2, 0) is 11.2 Å². The number of nitrogens with zero attached hydrogens (tertiary/aromatic N) is 3. The SMILES string of the molecule is CCSc1nnc(NC(=O)C2CCc3sc(NC(=O)c4ccc5c(c4)OCO5)nc32)s1. The molecule has 0 saturated heterocycles. The van der Waals surface area contributed by atoms with E-state index in [2.05, 4.69) is 25.8 Å². The van der Waals surface area contributed by atoms with Crippen LogP contribution >= 0.6 is 34.4 Å². The predicted octanol–water partition coefficient (Wildman–Crippen LogP) is 3.76. The molecule has 1 aliphatic heterocycles. The maximum absolute atomic E-state index is 12.8. The first-order valence-corrected chi connectivity index (χ1v) is 12.2. The van der Waals surface area contributed by atoms with Crippen molar-refractivity contribution in [2.75, 3.05) is 23.2 Å². The fraction of sp³-hybridized carbons (Fsp3) is 0.316. The number of ether oxygens (including phenoxy) is 2. The Kier molecular flexibility index (Phi) is 5.50. The lowest BCUT2D eigenvalue weighted by Gasteiger charge is -2.08. The third kappa shape index (κ3) is 4.10. The quantitative estimate of drug-likeness (QED) is 0.409. The van der Waals surface area contributed by atoms with E-state index in [1.165, 1.54) is 22.7 Å². The minimum Gasteiger partial charge on any atom is -0.454 e. The summed E-state index contributed by atoms with van der Waals surface area (Å²) in [6, 6.07) is 5.02. The van der Waals surface area contributed by atoms with E-state index in [-0.39, 0.29) is 24.5 Å². The molecule has 2 amide bonds. The second-order valence-corrected chi connectivity index (χ2v) is 10.3. The van der Waals surface area contributed by atoms with Crippen molar-refractivity contribution in [2.24, 2.45) is 0 Å². The first kappa shape index (κ1) is 20.2. The molecule has 0 spiro atoms. The Bertz CT molecular complexity index is 1160. The van der Waals surface area contributed by atoms with Crippen LogP contribution in [-0.4, -0.2) is 39.5 Å². The van der Waals surface area contributed by atoms with Gasteiger partial charge in [-0.25, -0.2) is 4.98 Å². The highest BCUT2D eigenvalue weighted by Crippen LogP contribution is 2.39. The van der Waals surface area contributed by atoms with Crippen molar-refractivity contribution >= 4 is 56.5 Å². The van der Waals surface area contributed by atoms with Crippen LogP contribution in [0.3, 0.4) is 0 Å². The number of carbonyl (C=O) groups is 2. The summed E-state index contributed by atoms with van der Waals surface area (Å²) >= 11 is 4.35. The van der Waals surface area contributed by atoms with Gasteiger partial charge in [-0.2, -0.15) is 0 Å². The van der Waals surface area contributed by atoms with Crippen LogP contribution in [0.25, 0.3) is 0 Å². The Hall–Kier alpha value is -2.70. The van der Waals surface area contributed by atoms with Crippen molar-refractivity contribution in [3.8, 4) is 11.5 Å². The number of rotatable bonds is 6. The molecule has 0 bridgehead atoms. The second-order valence-electron chi connectivity index (χ2n) is 6.74. The molecule has 1 atom stereocenters. The molecular formula is C19H17N5O4S3. The van der Waals surface area contributed by atoms with E-state index in [1.807, 2.05) is 6.92 Å². The van der Waals surface area contributed by atoms with Crippen molar-refractivity contribution in [3.63, 3.8) is 0 Å². The molecule has 160 valence electrons. The van der Waals surface area contributed by atoms with Gasteiger partial charge in [0.25, 0.3) is 5.91 Å². The first-order chi connectivity index (χ1) is 15.1. The van der Waals surface area contributed by atoms with E-state index >= 15 is 0 Å². The molecule has 1 aliphatic carbocycles. The normalized spacial score (nSPS) is 16.2. The predicted molar refractivity (Wildman–Crippen MR) is 119 cm³/mol.